The summed E-state index contributed by atoms with van der Waals surface area (Å²) in [7, 11) is -3.70. The lowest BCUT2D eigenvalue weighted by molar-refractivity contribution is 0.174. The number of hydrogen-bond donors (Lipinski definition) is 2. The molecule has 1 fully saturated rings. The van der Waals surface area contributed by atoms with Crippen molar-refractivity contribution in [1.82, 2.24) is 19.9 Å². The highest BCUT2D eigenvalue weighted by Gasteiger charge is 2.45. The molecule has 0 bridgehead atoms. The number of hydrogen-bond acceptors (Lipinski definition) is 6. The third-order valence-electron chi connectivity index (χ3n) is 4.06. The van der Waals surface area contributed by atoms with Gasteiger partial charge in [-0.2, -0.15) is 9.82 Å². The molecule has 9 heteroatoms. The molecule has 4 rings (SSSR count). The van der Waals surface area contributed by atoms with Gasteiger partial charge in [-0.1, -0.05) is 0 Å². The molecule has 116 valence electrons. The second kappa shape index (κ2) is 4.68. The van der Waals surface area contributed by atoms with E-state index in [2.05, 4.69) is 19.9 Å². The van der Waals surface area contributed by atoms with Gasteiger partial charge in [0.2, 0.25) is 16.8 Å². The maximum Gasteiger partial charge on any atom is 0.241 e. The van der Waals surface area contributed by atoms with Gasteiger partial charge in [-0.25, -0.2) is 13.4 Å². The van der Waals surface area contributed by atoms with Crippen LogP contribution in [0.5, 0.6) is 11.5 Å². The Morgan fingerprint density at radius 3 is 2.73 bits per heavy atom. The average Bonchev–Trinajstić information content (AvgIpc) is 3.13. The molecule has 0 saturated heterocycles. The Bertz CT molecular complexity index is 799. The Morgan fingerprint density at radius 2 is 2.05 bits per heavy atom. The molecule has 22 heavy (non-hydrogen) atoms. The van der Waals surface area contributed by atoms with E-state index in [4.69, 9.17) is 9.47 Å². The first-order valence-electron chi connectivity index (χ1n) is 6.89. The van der Waals surface area contributed by atoms with Crippen molar-refractivity contribution in [3.63, 3.8) is 0 Å². The van der Waals surface area contributed by atoms with Gasteiger partial charge in [0.05, 0.1) is 10.4 Å². The topological polar surface area (TPSA) is 106 Å². The van der Waals surface area contributed by atoms with Crippen LogP contribution in [0.15, 0.2) is 29.4 Å². The van der Waals surface area contributed by atoms with Crippen LogP contribution in [0.2, 0.25) is 0 Å². The van der Waals surface area contributed by atoms with Gasteiger partial charge in [-0.05, 0) is 31.4 Å². The number of ether oxygens (including phenoxy) is 2. The number of nitrogens with one attached hydrogen (secondary N) is 2. The fourth-order valence-electron chi connectivity index (χ4n) is 2.71. The average molecular weight is 322 g/mol. The van der Waals surface area contributed by atoms with Gasteiger partial charge in [0.1, 0.15) is 12.2 Å². The molecule has 0 spiro atoms. The summed E-state index contributed by atoms with van der Waals surface area (Å²) in [4.78, 5) is 4.25. The molecule has 1 aromatic heterocycles. The van der Waals surface area contributed by atoms with Gasteiger partial charge >= 0.3 is 0 Å². The fourth-order valence-corrected chi connectivity index (χ4v) is 4.16. The van der Waals surface area contributed by atoms with Gasteiger partial charge in [0.15, 0.2) is 11.5 Å². The first-order chi connectivity index (χ1) is 10.6. The van der Waals surface area contributed by atoms with Gasteiger partial charge < -0.3 is 9.47 Å². The largest absolute Gasteiger partial charge is 0.454 e. The molecule has 2 aromatic rings. The third-order valence-corrected chi connectivity index (χ3v) is 5.59. The van der Waals surface area contributed by atoms with Crippen molar-refractivity contribution in [2.24, 2.45) is 0 Å². The minimum Gasteiger partial charge on any atom is -0.454 e. The monoisotopic (exact) mass is 322 g/mol. The van der Waals surface area contributed by atoms with E-state index >= 15 is 0 Å². The highest BCUT2D eigenvalue weighted by Crippen LogP contribution is 2.41. The molecule has 1 aliphatic carbocycles. The van der Waals surface area contributed by atoms with E-state index in [1.165, 1.54) is 18.5 Å². The first kappa shape index (κ1) is 13.5. The molecule has 2 N–H and O–H groups in total. The maximum atomic E-state index is 12.7. The van der Waals surface area contributed by atoms with Gasteiger partial charge in [-0.15, -0.1) is 0 Å². The normalized spacial score (nSPS) is 18.9. The Balaban J connectivity index is 1.67. The molecule has 2 aliphatic rings. The lowest BCUT2D eigenvalue weighted by Crippen LogP contribution is -2.51. The van der Waals surface area contributed by atoms with Crippen LogP contribution in [-0.4, -0.2) is 30.4 Å². The zero-order valence-corrected chi connectivity index (χ0v) is 12.4. The van der Waals surface area contributed by atoms with Crippen molar-refractivity contribution < 1.29 is 17.9 Å². The molecular formula is C13H14N4O4S. The van der Waals surface area contributed by atoms with E-state index in [0.29, 0.717) is 30.2 Å². The molecule has 0 atom stereocenters. The number of fused-ring (bicyclic) bond motifs is 1. The van der Waals surface area contributed by atoms with E-state index in [1.807, 2.05) is 0 Å². The Kier molecular flexibility index (Phi) is 2.88. The Hall–Kier alpha value is -2.13. The SMILES string of the molecule is O=S(=O)(NC1(c2ncn[nH]2)CCC1)c1ccc2c(c1)OCO2. The van der Waals surface area contributed by atoms with Crippen LogP contribution in [-0.2, 0) is 15.6 Å². The second-order valence-corrected chi connectivity index (χ2v) is 7.07. The number of aromatic nitrogens is 3. The van der Waals surface area contributed by atoms with Crippen molar-refractivity contribution in [3.8, 4) is 11.5 Å². The first-order valence-corrected chi connectivity index (χ1v) is 8.37. The summed E-state index contributed by atoms with van der Waals surface area (Å²) in [6.45, 7) is 0.105. The van der Waals surface area contributed by atoms with Crippen LogP contribution in [0.4, 0.5) is 0 Å². The number of rotatable bonds is 4. The lowest BCUT2D eigenvalue weighted by atomic mass is 9.77. The summed E-state index contributed by atoms with van der Waals surface area (Å²) < 4.78 is 38.5. The van der Waals surface area contributed by atoms with E-state index < -0.39 is 15.6 Å². The van der Waals surface area contributed by atoms with Crippen LogP contribution in [0, 0.1) is 0 Å². The minimum atomic E-state index is -3.70. The Labute approximate surface area is 126 Å². The minimum absolute atomic E-state index is 0.105. The summed E-state index contributed by atoms with van der Waals surface area (Å²) >= 11 is 0. The smallest absolute Gasteiger partial charge is 0.241 e. The standard InChI is InChI=1S/C13H14N4O4S/c18-22(19,9-2-3-10-11(6-9)21-8-20-10)17-13(4-1-5-13)12-14-7-15-16-12/h2-3,6-7,17H,1,4-5,8H2,(H,14,15,16). The van der Waals surface area contributed by atoms with Crippen molar-refractivity contribution in [2.75, 3.05) is 6.79 Å². The highest BCUT2D eigenvalue weighted by atomic mass is 32.2. The predicted molar refractivity (Wildman–Crippen MR) is 74.8 cm³/mol. The van der Waals surface area contributed by atoms with Gasteiger partial charge in [0.25, 0.3) is 0 Å². The van der Waals surface area contributed by atoms with E-state index in [-0.39, 0.29) is 11.7 Å². The lowest BCUT2D eigenvalue weighted by Gasteiger charge is -2.39. The van der Waals surface area contributed by atoms with Crippen LogP contribution in [0.25, 0.3) is 0 Å². The van der Waals surface area contributed by atoms with Crippen molar-refractivity contribution >= 4 is 10.0 Å². The molecule has 1 saturated carbocycles. The van der Waals surface area contributed by atoms with Crippen LogP contribution in [0.3, 0.4) is 0 Å². The van der Waals surface area contributed by atoms with Crippen molar-refractivity contribution in [3.05, 3.63) is 30.4 Å². The molecule has 1 aromatic carbocycles. The maximum absolute atomic E-state index is 12.7. The zero-order valence-electron chi connectivity index (χ0n) is 11.6. The number of nitrogens with zero attached hydrogens (tertiary/aromatic N) is 2. The summed E-state index contributed by atoms with van der Waals surface area (Å²) in [5.41, 5.74) is -0.703. The van der Waals surface area contributed by atoms with Crippen LogP contribution >= 0.6 is 0 Å². The quantitative estimate of drug-likeness (QED) is 0.866. The molecule has 8 nitrogen and oxygen atoms in total. The molecule has 1 aliphatic heterocycles. The molecule has 0 amide bonds. The third kappa shape index (κ3) is 2.04. The number of benzene rings is 1. The Morgan fingerprint density at radius 1 is 1.23 bits per heavy atom. The molecular weight excluding hydrogens is 308 g/mol. The van der Waals surface area contributed by atoms with E-state index in [0.717, 1.165) is 6.42 Å². The second-order valence-electron chi connectivity index (χ2n) is 5.39. The van der Waals surface area contributed by atoms with Crippen molar-refractivity contribution in [2.45, 2.75) is 29.7 Å². The summed E-state index contributed by atoms with van der Waals surface area (Å²) in [5.74, 6) is 1.53. The van der Waals surface area contributed by atoms with Gasteiger partial charge in [-0.3, -0.25) is 5.10 Å². The molecule has 0 unspecified atom stereocenters. The van der Waals surface area contributed by atoms with Gasteiger partial charge in [0, 0.05) is 6.07 Å². The summed E-state index contributed by atoms with van der Waals surface area (Å²) in [6.07, 6.45) is 3.69. The zero-order chi connectivity index (χ0) is 15.2. The number of sulfonamides is 1. The predicted octanol–water partition coefficient (Wildman–Crippen LogP) is 0.891. The van der Waals surface area contributed by atoms with Crippen LogP contribution < -0.4 is 14.2 Å². The van der Waals surface area contributed by atoms with E-state index in [1.54, 1.807) is 6.07 Å². The summed E-state index contributed by atoms with van der Waals surface area (Å²) in [6, 6.07) is 4.57. The summed E-state index contributed by atoms with van der Waals surface area (Å²) in [5, 5.41) is 6.58. The molecule has 2 heterocycles. The number of H-pyrrole nitrogens is 1. The fraction of sp³-hybridized carbons (Fsp3) is 0.385. The highest BCUT2D eigenvalue weighted by molar-refractivity contribution is 7.89. The number of aromatic amines is 1. The van der Waals surface area contributed by atoms with Crippen LogP contribution in [0.1, 0.15) is 25.1 Å². The molecule has 0 radical (unpaired) electrons. The van der Waals surface area contributed by atoms with E-state index in [9.17, 15) is 8.42 Å². The van der Waals surface area contributed by atoms with Crippen molar-refractivity contribution in [1.29, 1.82) is 0 Å².